The van der Waals surface area contributed by atoms with Crippen molar-refractivity contribution in [2.24, 2.45) is 5.73 Å². The normalized spacial score (nSPS) is 10.7. The molecule has 1 heterocycles. The lowest BCUT2D eigenvalue weighted by Crippen LogP contribution is -2.08. The van der Waals surface area contributed by atoms with Crippen LogP contribution >= 0.6 is 0 Å². The van der Waals surface area contributed by atoms with Crippen molar-refractivity contribution in [3.8, 4) is 11.9 Å². The maximum atomic E-state index is 9.77. The first-order chi connectivity index (χ1) is 11.1. The van der Waals surface area contributed by atoms with Crippen LogP contribution in [0.2, 0.25) is 0 Å². The summed E-state index contributed by atoms with van der Waals surface area (Å²) in [6.07, 6.45) is 1.11. The predicted molar refractivity (Wildman–Crippen MR) is 86.7 cm³/mol. The number of nitrogens with two attached hydrogens (primary N) is 1. The van der Waals surface area contributed by atoms with Gasteiger partial charge in [0.1, 0.15) is 6.07 Å². The highest BCUT2D eigenvalue weighted by molar-refractivity contribution is 5.42. The molecule has 0 bridgehead atoms. The first-order valence-electron chi connectivity index (χ1n) is 7.27. The zero-order chi connectivity index (χ0) is 17.1. The van der Waals surface area contributed by atoms with E-state index in [-0.39, 0.29) is 18.0 Å². The van der Waals surface area contributed by atoms with Crippen molar-refractivity contribution in [3.63, 3.8) is 0 Å². The molecule has 0 aliphatic rings. The van der Waals surface area contributed by atoms with Gasteiger partial charge in [-0.1, -0.05) is 38.1 Å². The first-order valence-corrected chi connectivity index (χ1v) is 7.27. The molecule has 1 atom stereocenters. The average Bonchev–Trinajstić information content (AvgIpc) is 2.62. The molecule has 0 spiro atoms. The molecule has 6 heteroatoms. The van der Waals surface area contributed by atoms with Gasteiger partial charge in [0.05, 0.1) is 0 Å². The Morgan fingerprint density at radius 2 is 1.96 bits per heavy atom. The Morgan fingerprint density at radius 3 is 2.39 bits per heavy atom. The van der Waals surface area contributed by atoms with Crippen molar-refractivity contribution in [1.82, 2.24) is 10.2 Å². The lowest BCUT2D eigenvalue weighted by molar-refractivity contribution is -0.121. The maximum absolute atomic E-state index is 9.77. The zero-order valence-corrected chi connectivity index (χ0v) is 13.3. The minimum atomic E-state index is 0.0824. The van der Waals surface area contributed by atoms with E-state index < -0.39 is 0 Å². The quantitative estimate of drug-likeness (QED) is 0.849. The molecule has 0 amide bonds. The summed E-state index contributed by atoms with van der Waals surface area (Å²) in [5, 5.41) is 15.1. The van der Waals surface area contributed by atoms with Crippen LogP contribution in [0.3, 0.4) is 0 Å². The van der Waals surface area contributed by atoms with Crippen LogP contribution in [0.5, 0.6) is 5.88 Å². The number of ether oxygens (including phenoxy) is 1. The van der Waals surface area contributed by atoms with E-state index in [1.807, 2.05) is 0 Å². The van der Waals surface area contributed by atoms with Crippen molar-refractivity contribution < 1.29 is 9.53 Å². The average molecular weight is 312 g/mol. The molecule has 0 fully saturated rings. The van der Waals surface area contributed by atoms with Crippen molar-refractivity contribution >= 4 is 6.47 Å². The highest BCUT2D eigenvalue weighted by Crippen LogP contribution is 2.14. The Kier molecular flexibility index (Phi) is 7.97. The summed E-state index contributed by atoms with van der Waals surface area (Å²) in [6, 6.07) is 13.3. The standard InChI is InChI=1S/C11H17N.C6H3N3O2/c1-3-10-4-6-11(7-5-10)9(2)8-12;7-3-5-1-2-6(9-8-5)11-4-10/h4-7,9H,3,8,12H2,1-2H3;1-2,4H. The van der Waals surface area contributed by atoms with Gasteiger partial charge >= 0.3 is 0 Å². The summed E-state index contributed by atoms with van der Waals surface area (Å²) in [5.74, 6) is 0.565. The fourth-order valence-corrected chi connectivity index (χ4v) is 1.71. The van der Waals surface area contributed by atoms with Crippen molar-refractivity contribution in [2.45, 2.75) is 26.2 Å². The fraction of sp³-hybridized carbons (Fsp3) is 0.294. The number of aromatic nitrogens is 2. The summed E-state index contributed by atoms with van der Waals surface area (Å²) >= 11 is 0. The molecule has 1 unspecified atom stereocenters. The van der Waals surface area contributed by atoms with Crippen molar-refractivity contribution in [1.29, 1.82) is 5.26 Å². The summed E-state index contributed by atoms with van der Waals surface area (Å²) in [6.45, 7) is 5.30. The third kappa shape index (κ3) is 6.24. The largest absolute Gasteiger partial charge is 0.408 e. The summed E-state index contributed by atoms with van der Waals surface area (Å²) in [7, 11) is 0. The number of aryl methyl sites for hydroxylation is 1. The molecule has 0 aliphatic carbocycles. The number of hydrogen-bond donors (Lipinski definition) is 1. The van der Waals surface area contributed by atoms with E-state index in [0.717, 1.165) is 13.0 Å². The summed E-state index contributed by atoms with van der Waals surface area (Å²) < 4.78 is 4.34. The molecule has 23 heavy (non-hydrogen) atoms. The molecule has 0 aliphatic heterocycles. The Morgan fingerprint density at radius 1 is 1.26 bits per heavy atom. The van der Waals surface area contributed by atoms with Gasteiger partial charge in [-0.2, -0.15) is 5.26 Å². The number of benzene rings is 1. The maximum Gasteiger partial charge on any atom is 0.299 e. The third-order valence-corrected chi connectivity index (χ3v) is 3.23. The van der Waals surface area contributed by atoms with Gasteiger partial charge in [-0.25, -0.2) is 0 Å². The molecule has 2 N–H and O–H groups in total. The van der Waals surface area contributed by atoms with E-state index >= 15 is 0 Å². The monoisotopic (exact) mass is 312 g/mol. The molecule has 0 saturated carbocycles. The van der Waals surface area contributed by atoms with Gasteiger partial charge in [0.15, 0.2) is 5.69 Å². The lowest BCUT2D eigenvalue weighted by Gasteiger charge is -2.08. The van der Waals surface area contributed by atoms with Crippen molar-refractivity contribution in [2.75, 3.05) is 6.54 Å². The van der Waals surface area contributed by atoms with Gasteiger partial charge in [-0.15, -0.1) is 10.2 Å². The van der Waals surface area contributed by atoms with Gasteiger partial charge in [0, 0.05) is 6.07 Å². The molecule has 0 saturated heterocycles. The van der Waals surface area contributed by atoms with E-state index in [0.29, 0.717) is 5.92 Å². The van der Waals surface area contributed by atoms with E-state index in [1.165, 1.54) is 23.3 Å². The van der Waals surface area contributed by atoms with Crippen LogP contribution in [0, 0.1) is 11.3 Å². The molecule has 2 rings (SSSR count). The summed E-state index contributed by atoms with van der Waals surface area (Å²) in [5.41, 5.74) is 8.49. The molecular formula is C17H20N4O2. The van der Waals surface area contributed by atoms with Crippen LogP contribution in [0.1, 0.15) is 36.6 Å². The third-order valence-electron chi connectivity index (χ3n) is 3.23. The van der Waals surface area contributed by atoms with Gasteiger partial charge in [-0.3, -0.25) is 4.79 Å². The van der Waals surface area contributed by atoms with Gasteiger partial charge in [-0.05, 0) is 36.1 Å². The number of rotatable bonds is 5. The number of carbonyl (C=O) groups excluding carboxylic acids is 1. The van der Waals surface area contributed by atoms with E-state index in [9.17, 15) is 4.79 Å². The predicted octanol–water partition coefficient (Wildman–Crippen LogP) is 2.19. The van der Waals surface area contributed by atoms with Crippen LogP contribution in [0.25, 0.3) is 0 Å². The number of nitrogens with zero attached hydrogens (tertiary/aromatic N) is 3. The van der Waals surface area contributed by atoms with E-state index in [1.54, 1.807) is 6.07 Å². The second-order valence-electron chi connectivity index (χ2n) is 4.81. The van der Waals surface area contributed by atoms with Gasteiger partial charge in [0.25, 0.3) is 6.47 Å². The van der Waals surface area contributed by atoms with E-state index in [4.69, 9.17) is 11.0 Å². The fourth-order valence-electron chi connectivity index (χ4n) is 1.71. The van der Waals surface area contributed by atoms with Gasteiger partial charge in [0.2, 0.25) is 5.88 Å². The molecule has 0 radical (unpaired) electrons. The molecule has 1 aromatic carbocycles. The highest BCUT2D eigenvalue weighted by Gasteiger charge is 2.01. The number of nitriles is 1. The molecule has 1 aromatic heterocycles. The Labute approximate surface area is 135 Å². The van der Waals surface area contributed by atoms with Crippen molar-refractivity contribution in [3.05, 3.63) is 53.2 Å². The van der Waals surface area contributed by atoms with Gasteiger partial charge < -0.3 is 10.5 Å². The van der Waals surface area contributed by atoms with Crippen LogP contribution in [0.4, 0.5) is 0 Å². The van der Waals surface area contributed by atoms with Crippen LogP contribution in [-0.4, -0.2) is 23.2 Å². The van der Waals surface area contributed by atoms with Crippen LogP contribution in [0.15, 0.2) is 36.4 Å². The smallest absolute Gasteiger partial charge is 0.299 e. The molecule has 2 aromatic rings. The van der Waals surface area contributed by atoms with E-state index in [2.05, 4.69) is 53.0 Å². The molecular weight excluding hydrogens is 292 g/mol. The number of hydrogen-bond acceptors (Lipinski definition) is 6. The SMILES string of the molecule is CCc1ccc(C(C)CN)cc1.N#Cc1ccc(OC=O)nn1. The molecule has 120 valence electrons. The minimum absolute atomic E-state index is 0.0824. The molecule has 6 nitrogen and oxygen atoms in total. The zero-order valence-electron chi connectivity index (χ0n) is 13.3. The van der Waals surface area contributed by atoms with Crippen LogP contribution < -0.4 is 10.5 Å². The Bertz CT molecular complexity index is 633. The second kappa shape index (κ2) is 10.0. The first kappa shape index (κ1) is 18.3. The topological polar surface area (TPSA) is 102 Å². The number of carbonyl (C=O) groups is 1. The summed E-state index contributed by atoms with van der Waals surface area (Å²) in [4.78, 5) is 9.77. The lowest BCUT2D eigenvalue weighted by atomic mass is 10.00. The highest BCUT2D eigenvalue weighted by atomic mass is 16.5. The van der Waals surface area contributed by atoms with Crippen LogP contribution in [-0.2, 0) is 11.2 Å². The Balaban J connectivity index is 0.000000231. The Hall–Kier alpha value is -2.78. The minimum Gasteiger partial charge on any atom is -0.408 e. The second-order valence-corrected chi connectivity index (χ2v) is 4.81.